The molecule has 1 nitrogen and oxygen atoms in total. The summed E-state index contributed by atoms with van der Waals surface area (Å²) in [5.41, 5.74) is 1.90. The molecule has 0 spiro atoms. The van der Waals surface area contributed by atoms with Crippen LogP contribution in [-0.4, -0.2) is 11.0 Å². The van der Waals surface area contributed by atoms with Gasteiger partial charge in [-0.3, -0.25) is 4.79 Å². The van der Waals surface area contributed by atoms with E-state index in [9.17, 15) is 4.79 Å². The molecule has 0 heterocycles. The summed E-state index contributed by atoms with van der Waals surface area (Å²) in [6.45, 7) is 7.89. The van der Waals surface area contributed by atoms with Gasteiger partial charge >= 0.3 is 0 Å². The van der Waals surface area contributed by atoms with Crippen molar-refractivity contribution in [3.8, 4) is 0 Å². The molecular formula is C12H16OS. The molecule has 2 heteroatoms. The highest BCUT2D eigenvalue weighted by molar-refractivity contribution is 7.99. The van der Waals surface area contributed by atoms with Gasteiger partial charge in [-0.25, -0.2) is 0 Å². The van der Waals surface area contributed by atoms with E-state index in [1.807, 2.05) is 19.1 Å². The summed E-state index contributed by atoms with van der Waals surface area (Å²) < 4.78 is 0. The van der Waals surface area contributed by atoms with Gasteiger partial charge < -0.3 is 0 Å². The largest absolute Gasteiger partial charge is 0.295 e. The minimum Gasteiger partial charge on any atom is -0.295 e. The highest BCUT2D eigenvalue weighted by Gasteiger charge is 2.06. The smallest absolute Gasteiger partial charge is 0.160 e. The van der Waals surface area contributed by atoms with Crippen molar-refractivity contribution >= 4 is 17.5 Å². The summed E-state index contributed by atoms with van der Waals surface area (Å²) in [5, 5.41) is 0.553. The van der Waals surface area contributed by atoms with Crippen molar-refractivity contribution < 1.29 is 4.79 Å². The van der Waals surface area contributed by atoms with Crippen molar-refractivity contribution in [2.45, 2.75) is 37.8 Å². The van der Waals surface area contributed by atoms with Crippen LogP contribution < -0.4 is 0 Å². The zero-order valence-electron chi connectivity index (χ0n) is 9.13. The molecule has 0 fully saturated rings. The molecule has 0 aliphatic rings. The Kier molecular flexibility index (Phi) is 3.76. The SMILES string of the molecule is CC(=O)c1cc(SC(C)C)ccc1C. The standard InChI is InChI=1S/C12H16OS/c1-8(2)14-11-6-5-9(3)12(7-11)10(4)13/h5-8H,1-4H3. The fraction of sp³-hybridized carbons (Fsp3) is 0.417. The lowest BCUT2D eigenvalue weighted by molar-refractivity contribution is 0.101. The van der Waals surface area contributed by atoms with Crippen LogP contribution >= 0.6 is 11.8 Å². The summed E-state index contributed by atoms with van der Waals surface area (Å²) in [5.74, 6) is 0.147. The number of carbonyl (C=O) groups excluding carboxylic acids is 1. The molecule has 1 rings (SSSR count). The third-order valence-corrected chi connectivity index (χ3v) is 2.96. The van der Waals surface area contributed by atoms with Crippen LogP contribution in [0.2, 0.25) is 0 Å². The van der Waals surface area contributed by atoms with Gasteiger partial charge in [-0.2, -0.15) is 0 Å². The highest BCUT2D eigenvalue weighted by Crippen LogP contribution is 2.25. The first-order chi connectivity index (χ1) is 6.50. The predicted molar refractivity (Wildman–Crippen MR) is 62.2 cm³/mol. The molecule has 0 aliphatic carbocycles. The van der Waals surface area contributed by atoms with Gasteiger partial charge in [-0.15, -0.1) is 11.8 Å². The average molecular weight is 208 g/mol. The number of thioether (sulfide) groups is 1. The first-order valence-corrected chi connectivity index (χ1v) is 5.67. The molecule has 0 atom stereocenters. The van der Waals surface area contributed by atoms with E-state index in [0.29, 0.717) is 5.25 Å². The quantitative estimate of drug-likeness (QED) is 0.556. The summed E-state index contributed by atoms with van der Waals surface area (Å²) in [7, 11) is 0. The van der Waals surface area contributed by atoms with Crippen molar-refractivity contribution in [3.05, 3.63) is 29.3 Å². The summed E-state index contributed by atoms with van der Waals surface area (Å²) >= 11 is 1.79. The Hall–Kier alpha value is -0.760. The summed E-state index contributed by atoms with van der Waals surface area (Å²) in [6, 6.07) is 6.08. The number of hydrogen-bond acceptors (Lipinski definition) is 2. The van der Waals surface area contributed by atoms with E-state index in [2.05, 4.69) is 19.9 Å². The molecule has 0 amide bonds. The number of rotatable bonds is 3. The zero-order chi connectivity index (χ0) is 10.7. The lowest BCUT2D eigenvalue weighted by Gasteiger charge is -2.07. The van der Waals surface area contributed by atoms with Crippen molar-refractivity contribution in [1.29, 1.82) is 0 Å². The molecule has 0 radical (unpaired) electrons. The highest BCUT2D eigenvalue weighted by atomic mass is 32.2. The van der Waals surface area contributed by atoms with Crippen LogP contribution in [0.5, 0.6) is 0 Å². The van der Waals surface area contributed by atoms with Gasteiger partial charge in [0.25, 0.3) is 0 Å². The van der Waals surface area contributed by atoms with Gasteiger partial charge in [0.05, 0.1) is 0 Å². The molecule has 1 aromatic carbocycles. The minimum atomic E-state index is 0.147. The second-order valence-electron chi connectivity index (χ2n) is 3.70. The third kappa shape index (κ3) is 2.88. The van der Waals surface area contributed by atoms with E-state index in [-0.39, 0.29) is 5.78 Å². The Bertz CT molecular complexity index is 342. The van der Waals surface area contributed by atoms with Gasteiger partial charge in [-0.05, 0) is 31.5 Å². The second-order valence-corrected chi connectivity index (χ2v) is 5.35. The number of hydrogen-bond donors (Lipinski definition) is 0. The number of ketones is 1. The topological polar surface area (TPSA) is 17.1 Å². The number of Topliss-reactive ketones (excluding diaryl/α,β-unsaturated/α-hetero) is 1. The van der Waals surface area contributed by atoms with Crippen LogP contribution in [0.15, 0.2) is 23.1 Å². The van der Waals surface area contributed by atoms with Gasteiger partial charge in [0, 0.05) is 15.7 Å². The lowest BCUT2D eigenvalue weighted by atomic mass is 10.1. The Morgan fingerprint density at radius 1 is 1.36 bits per heavy atom. The number of carbonyl (C=O) groups is 1. The van der Waals surface area contributed by atoms with Crippen molar-refractivity contribution in [2.75, 3.05) is 0 Å². The van der Waals surface area contributed by atoms with Gasteiger partial charge in [-0.1, -0.05) is 19.9 Å². The van der Waals surface area contributed by atoms with Crippen molar-refractivity contribution in [2.24, 2.45) is 0 Å². The van der Waals surface area contributed by atoms with Crippen LogP contribution in [0.3, 0.4) is 0 Å². The van der Waals surface area contributed by atoms with E-state index in [1.54, 1.807) is 18.7 Å². The second kappa shape index (κ2) is 4.65. The Labute approximate surface area is 89.9 Å². The molecule has 0 saturated heterocycles. The molecule has 0 saturated carbocycles. The molecule has 0 N–H and O–H groups in total. The first kappa shape index (κ1) is 11.3. The third-order valence-electron chi connectivity index (χ3n) is 1.96. The Morgan fingerprint density at radius 3 is 2.50 bits per heavy atom. The predicted octanol–water partition coefficient (Wildman–Crippen LogP) is 3.70. The van der Waals surface area contributed by atoms with Crippen LogP contribution in [0.25, 0.3) is 0 Å². The van der Waals surface area contributed by atoms with Gasteiger partial charge in [0.1, 0.15) is 0 Å². The van der Waals surface area contributed by atoms with Crippen LogP contribution in [0, 0.1) is 6.92 Å². The van der Waals surface area contributed by atoms with E-state index in [4.69, 9.17) is 0 Å². The van der Waals surface area contributed by atoms with Crippen LogP contribution in [0.1, 0.15) is 36.7 Å². The van der Waals surface area contributed by atoms with Crippen molar-refractivity contribution in [1.82, 2.24) is 0 Å². The monoisotopic (exact) mass is 208 g/mol. The van der Waals surface area contributed by atoms with E-state index in [1.165, 1.54) is 4.90 Å². The molecule has 1 aromatic rings. The molecular weight excluding hydrogens is 192 g/mol. The van der Waals surface area contributed by atoms with Gasteiger partial charge in [0.2, 0.25) is 0 Å². The molecule has 0 unspecified atom stereocenters. The Balaban J connectivity index is 3.00. The lowest BCUT2D eigenvalue weighted by Crippen LogP contribution is -1.96. The zero-order valence-corrected chi connectivity index (χ0v) is 9.94. The molecule has 14 heavy (non-hydrogen) atoms. The maximum atomic E-state index is 11.3. The van der Waals surface area contributed by atoms with Crippen LogP contribution in [-0.2, 0) is 0 Å². The number of aryl methyl sites for hydroxylation is 1. The molecule has 76 valence electrons. The fourth-order valence-corrected chi connectivity index (χ4v) is 2.20. The van der Waals surface area contributed by atoms with Crippen molar-refractivity contribution in [3.63, 3.8) is 0 Å². The fourth-order valence-electron chi connectivity index (χ4n) is 1.33. The molecule has 0 bridgehead atoms. The molecule has 0 aliphatic heterocycles. The maximum absolute atomic E-state index is 11.3. The summed E-state index contributed by atoms with van der Waals surface area (Å²) in [6.07, 6.45) is 0. The van der Waals surface area contributed by atoms with Gasteiger partial charge in [0.15, 0.2) is 5.78 Å². The average Bonchev–Trinajstić information content (AvgIpc) is 2.07. The van der Waals surface area contributed by atoms with E-state index >= 15 is 0 Å². The minimum absolute atomic E-state index is 0.147. The number of benzene rings is 1. The molecule has 0 aromatic heterocycles. The normalized spacial score (nSPS) is 10.6. The maximum Gasteiger partial charge on any atom is 0.160 e. The Morgan fingerprint density at radius 2 is 2.00 bits per heavy atom. The van der Waals surface area contributed by atoms with E-state index < -0.39 is 0 Å². The van der Waals surface area contributed by atoms with Crippen LogP contribution in [0.4, 0.5) is 0 Å². The first-order valence-electron chi connectivity index (χ1n) is 4.79. The van der Waals surface area contributed by atoms with E-state index in [0.717, 1.165) is 11.1 Å². The summed E-state index contributed by atoms with van der Waals surface area (Å²) in [4.78, 5) is 12.5.